The van der Waals surface area contributed by atoms with E-state index in [1.54, 1.807) is 6.07 Å². The number of halogens is 2. The first-order chi connectivity index (χ1) is 13.9. The molecule has 1 heterocycles. The quantitative estimate of drug-likeness (QED) is 0.751. The summed E-state index contributed by atoms with van der Waals surface area (Å²) >= 11 is 0. The summed E-state index contributed by atoms with van der Waals surface area (Å²) in [6, 6.07) is 5.38. The number of carbonyl (C=O) groups is 1. The smallest absolute Gasteiger partial charge is 0.232 e. The van der Waals surface area contributed by atoms with Gasteiger partial charge in [0.05, 0.1) is 28.9 Å². The van der Waals surface area contributed by atoms with E-state index in [-0.39, 0.29) is 35.5 Å². The zero-order valence-electron chi connectivity index (χ0n) is 16.5. The largest absolute Gasteiger partial charge is 0.354 e. The van der Waals surface area contributed by atoms with E-state index in [2.05, 4.69) is 15.5 Å². The molecule has 1 unspecified atom stereocenters. The van der Waals surface area contributed by atoms with E-state index < -0.39 is 23.3 Å². The minimum atomic E-state index is -0.800. The Kier molecular flexibility index (Phi) is 5.08. The molecule has 2 aliphatic rings. The molecule has 1 amide bonds. The number of methoxy groups -OCH3 is 2. The van der Waals surface area contributed by atoms with Crippen LogP contribution < -0.4 is 5.32 Å². The lowest BCUT2D eigenvalue weighted by atomic mass is 9.77. The second-order valence-electron chi connectivity index (χ2n) is 7.65. The van der Waals surface area contributed by atoms with E-state index >= 15 is 0 Å². The van der Waals surface area contributed by atoms with Crippen LogP contribution in [0.2, 0.25) is 0 Å². The number of benzene rings is 1. The Labute approximate surface area is 167 Å². The van der Waals surface area contributed by atoms with E-state index in [0.29, 0.717) is 12.1 Å². The summed E-state index contributed by atoms with van der Waals surface area (Å²) in [5.41, 5.74) is 0.603. The molecule has 8 heteroatoms. The van der Waals surface area contributed by atoms with Crippen molar-refractivity contribution in [3.8, 4) is 11.3 Å². The maximum Gasteiger partial charge on any atom is 0.232 e. The number of nitrogens with one attached hydrogen (secondary N) is 1. The first-order valence-electron chi connectivity index (χ1n) is 9.60. The lowest BCUT2D eigenvalue weighted by molar-refractivity contribution is -0.133. The molecule has 1 aromatic carbocycles. The summed E-state index contributed by atoms with van der Waals surface area (Å²) in [6.45, 7) is 2.23. The Morgan fingerprint density at radius 1 is 1.28 bits per heavy atom. The molecule has 3 atom stereocenters. The number of hydrogen-bond donors (Lipinski definition) is 1. The highest BCUT2D eigenvalue weighted by atomic mass is 19.1. The summed E-state index contributed by atoms with van der Waals surface area (Å²) in [7, 11) is 3.01. The lowest BCUT2D eigenvalue weighted by Gasteiger charge is -2.29. The Morgan fingerprint density at radius 3 is 2.62 bits per heavy atom. The molecule has 1 aromatic heterocycles. The van der Waals surface area contributed by atoms with E-state index in [1.165, 1.54) is 32.4 Å². The van der Waals surface area contributed by atoms with E-state index in [4.69, 9.17) is 9.47 Å². The molecule has 0 aliphatic heterocycles. The van der Waals surface area contributed by atoms with Gasteiger partial charge in [0.1, 0.15) is 11.6 Å². The minimum Gasteiger partial charge on any atom is -0.354 e. The summed E-state index contributed by atoms with van der Waals surface area (Å²) in [4.78, 5) is 13.2. The number of rotatable bonds is 6. The van der Waals surface area contributed by atoms with Crippen molar-refractivity contribution in [3.05, 3.63) is 47.2 Å². The molecule has 4 rings (SSSR count). The van der Waals surface area contributed by atoms with Gasteiger partial charge in [-0.1, -0.05) is 13.0 Å². The average Bonchev–Trinajstić information content (AvgIpc) is 3.17. The maximum atomic E-state index is 14.2. The number of carbonyl (C=O) groups excluding carboxylic acids is 1. The average molecular weight is 403 g/mol. The highest BCUT2D eigenvalue weighted by Crippen LogP contribution is 2.60. The third kappa shape index (κ3) is 2.93. The molecule has 2 bridgehead atoms. The molecule has 0 saturated heterocycles. The maximum absolute atomic E-state index is 14.2. The number of nitrogens with zero attached hydrogens (tertiary/aromatic N) is 2. The number of hydrogen-bond acceptors (Lipinski definition) is 5. The van der Waals surface area contributed by atoms with Gasteiger partial charge in [-0.05, 0) is 48.4 Å². The van der Waals surface area contributed by atoms with Crippen molar-refractivity contribution in [1.29, 1.82) is 0 Å². The van der Waals surface area contributed by atoms with E-state index in [0.717, 1.165) is 12.0 Å². The fourth-order valence-corrected chi connectivity index (χ4v) is 4.89. The van der Waals surface area contributed by atoms with Gasteiger partial charge < -0.3 is 14.8 Å². The van der Waals surface area contributed by atoms with Crippen LogP contribution in [-0.4, -0.2) is 43.2 Å². The van der Waals surface area contributed by atoms with Gasteiger partial charge in [-0.25, -0.2) is 8.78 Å². The van der Waals surface area contributed by atoms with Crippen LogP contribution in [0.5, 0.6) is 0 Å². The Bertz CT molecular complexity index is 931. The SMILES string of the molecule is COC(CNC(=O)[C@@]12CC[C@@H](c3cc(-c4c(F)cccc4F)nnc31)C2C)OC. The van der Waals surface area contributed by atoms with Gasteiger partial charge in [-0.2, -0.15) is 5.10 Å². The predicted molar refractivity (Wildman–Crippen MR) is 101 cm³/mol. The highest BCUT2D eigenvalue weighted by Gasteiger charge is 2.60. The summed E-state index contributed by atoms with van der Waals surface area (Å²) in [6.07, 6.45) is 0.927. The van der Waals surface area contributed by atoms with Crippen LogP contribution in [0.4, 0.5) is 8.78 Å². The first kappa shape index (κ1) is 19.8. The van der Waals surface area contributed by atoms with Gasteiger partial charge in [0.25, 0.3) is 0 Å². The number of fused-ring (bicyclic) bond motifs is 5. The van der Waals surface area contributed by atoms with Crippen LogP contribution in [0.25, 0.3) is 11.3 Å². The van der Waals surface area contributed by atoms with Crippen molar-refractivity contribution in [2.75, 3.05) is 20.8 Å². The topological polar surface area (TPSA) is 73.3 Å². The molecule has 1 saturated carbocycles. The van der Waals surface area contributed by atoms with E-state index in [9.17, 15) is 13.6 Å². The molecular weight excluding hydrogens is 380 g/mol. The van der Waals surface area contributed by atoms with Crippen molar-refractivity contribution < 1.29 is 23.0 Å². The van der Waals surface area contributed by atoms with Crippen molar-refractivity contribution in [2.45, 2.75) is 37.4 Å². The lowest BCUT2D eigenvalue weighted by Crippen LogP contribution is -2.48. The van der Waals surface area contributed by atoms with Gasteiger partial charge in [0, 0.05) is 14.2 Å². The molecule has 0 spiro atoms. The number of ether oxygens (including phenoxy) is 2. The van der Waals surface area contributed by atoms with E-state index in [1.807, 2.05) is 6.92 Å². The summed E-state index contributed by atoms with van der Waals surface area (Å²) in [5, 5.41) is 11.3. The predicted octanol–water partition coefficient (Wildman–Crippen LogP) is 2.92. The molecule has 1 fully saturated rings. The van der Waals surface area contributed by atoms with Crippen LogP contribution in [0.15, 0.2) is 24.3 Å². The molecule has 2 aliphatic carbocycles. The Hall–Kier alpha value is -2.45. The second kappa shape index (κ2) is 7.42. The fourth-order valence-electron chi connectivity index (χ4n) is 4.89. The van der Waals surface area contributed by atoms with Crippen LogP contribution in [0.1, 0.15) is 36.9 Å². The monoisotopic (exact) mass is 403 g/mol. The van der Waals surface area contributed by atoms with Gasteiger partial charge in [-0.3, -0.25) is 4.79 Å². The third-order valence-electron chi connectivity index (χ3n) is 6.46. The fraction of sp³-hybridized carbons (Fsp3) is 0.476. The molecule has 6 nitrogen and oxygen atoms in total. The number of aromatic nitrogens is 2. The third-order valence-corrected chi connectivity index (χ3v) is 6.46. The molecule has 0 radical (unpaired) electrons. The number of amides is 1. The normalized spacial score (nSPS) is 24.8. The van der Waals surface area contributed by atoms with Crippen LogP contribution >= 0.6 is 0 Å². The van der Waals surface area contributed by atoms with Gasteiger partial charge >= 0.3 is 0 Å². The summed E-state index contributed by atoms with van der Waals surface area (Å²) in [5.74, 6) is -1.41. The van der Waals surface area contributed by atoms with Crippen molar-refractivity contribution in [2.24, 2.45) is 5.92 Å². The van der Waals surface area contributed by atoms with Gasteiger partial charge in [0.15, 0.2) is 6.29 Å². The van der Waals surface area contributed by atoms with Crippen LogP contribution in [0, 0.1) is 17.6 Å². The van der Waals surface area contributed by atoms with Crippen molar-refractivity contribution in [3.63, 3.8) is 0 Å². The second-order valence-corrected chi connectivity index (χ2v) is 7.65. The van der Waals surface area contributed by atoms with Gasteiger partial charge in [-0.15, -0.1) is 5.10 Å². The minimum absolute atomic E-state index is 0.0102. The zero-order chi connectivity index (χ0) is 20.8. The van der Waals surface area contributed by atoms with Crippen LogP contribution in [0.3, 0.4) is 0 Å². The molecule has 154 valence electrons. The zero-order valence-corrected chi connectivity index (χ0v) is 16.5. The Morgan fingerprint density at radius 2 is 1.97 bits per heavy atom. The summed E-state index contributed by atoms with van der Waals surface area (Å²) < 4.78 is 38.7. The van der Waals surface area contributed by atoms with Gasteiger partial charge in [0.2, 0.25) is 5.91 Å². The first-order valence-corrected chi connectivity index (χ1v) is 9.60. The van der Waals surface area contributed by atoms with Crippen molar-refractivity contribution >= 4 is 5.91 Å². The molecule has 2 aromatic rings. The highest BCUT2D eigenvalue weighted by molar-refractivity contribution is 5.90. The molecular formula is C21H23F2N3O3. The standard InChI is InChI=1S/C21H23F2N3O3/c1-11-12-7-8-21(11,20(27)24-10-17(28-2)29-3)19-13(12)9-16(25-26-19)18-14(22)5-4-6-15(18)23/h4-6,9,11-12,17H,7-8,10H2,1-3H3,(H,24,27)/t11?,12-,21-/m1/s1. The molecule has 29 heavy (non-hydrogen) atoms. The molecule has 1 N–H and O–H groups in total. The Balaban J connectivity index is 1.70. The van der Waals surface area contributed by atoms with Crippen LogP contribution in [-0.2, 0) is 19.7 Å². The van der Waals surface area contributed by atoms with Crippen molar-refractivity contribution in [1.82, 2.24) is 15.5 Å².